The first kappa shape index (κ1) is 18.4. The summed E-state index contributed by atoms with van der Waals surface area (Å²) in [6.07, 6.45) is 1.75. The van der Waals surface area contributed by atoms with E-state index < -0.39 is 11.9 Å². The van der Waals surface area contributed by atoms with Crippen LogP contribution in [0.2, 0.25) is 0 Å². The molecular formula is C17H21NO5. The standard InChI is InChI=1S/C17H21NO5/c1-12(2)23-16(20)10-9-15(19)22-11-13(3)18-17(21)14-7-5-4-6-8-14/h4-10,12-13H,11H2,1-3H3,(H,18,21)/b10-9+. The van der Waals surface area contributed by atoms with Gasteiger partial charge in [0.2, 0.25) is 0 Å². The summed E-state index contributed by atoms with van der Waals surface area (Å²) < 4.78 is 9.79. The molecule has 0 aliphatic rings. The summed E-state index contributed by atoms with van der Waals surface area (Å²) >= 11 is 0. The van der Waals surface area contributed by atoms with Gasteiger partial charge in [0.25, 0.3) is 5.91 Å². The molecule has 0 aliphatic carbocycles. The minimum Gasteiger partial charge on any atom is -0.460 e. The van der Waals surface area contributed by atoms with Crippen molar-refractivity contribution in [1.82, 2.24) is 5.32 Å². The van der Waals surface area contributed by atoms with Crippen molar-refractivity contribution >= 4 is 17.8 Å². The zero-order valence-electron chi connectivity index (χ0n) is 13.4. The van der Waals surface area contributed by atoms with Gasteiger partial charge in [0.1, 0.15) is 6.61 Å². The van der Waals surface area contributed by atoms with Crippen LogP contribution in [0.25, 0.3) is 0 Å². The summed E-state index contributed by atoms with van der Waals surface area (Å²) in [5, 5.41) is 2.71. The van der Waals surface area contributed by atoms with E-state index in [2.05, 4.69) is 5.32 Å². The fourth-order valence-corrected chi connectivity index (χ4v) is 1.60. The van der Waals surface area contributed by atoms with Crippen LogP contribution < -0.4 is 5.32 Å². The van der Waals surface area contributed by atoms with E-state index in [4.69, 9.17) is 9.47 Å². The Kier molecular flexibility index (Phi) is 7.53. The third kappa shape index (κ3) is 7.80. The number of hydrogen-bond donors (Lipinski definition) is 1. The first-order valence-corrected chi connectivity index (χ1v) is 7.30. The van der Waals surface area contributed by atoms with Crippen LogP contribution in [-0.4, -0.2) is 36.6 Å². The average Bonchev–Trinajstić information content (AvgIpc) is 2.51. The first-order chi connectivity index (χ1) is 10.9. The van der Waals surface area contributed by atoms with Gasteiger partial charge in [0.15, 0.2) is 0 Å². The molecule has 6 nitrogen and oxygen atoms in total. The second-order valence-corrected chi connectivity index (χ2v) is 5.19. The minimum absolute atomic E-state index is 0.000967. The Morgan fingerprint density at radius 1 is 1.04 bits per heavy atom. The molecule has 23 heavy (non-hydrogen) atoms. The highest BCUT2D eigenvalue weighted by Gasteiger charge is 2.11. The maximum absolute atomic E-state index is 11.9. The molecule has 0 saturated carbocycles. The second kappa shape index (κ2) is 9.40. The molecular weight excluding hydrogens is 298 g/mol. The molecule has 1 aromatic carbocycles. The maximum Gasteiger partial charge on any atom is 0.331 e. The molecule has 0 heterocycles. The van der Waals surface area contributed by atoms with Gasteiger partial charge in [-0.1, -0.05) is 18.2 Å². The van der Waals surface area contributed by atoms with Gasteiger partial charge in [-0.25, -0.2) is 9.59 Å². The summed E-state index contributed by atoms with van der Waals surface area (Å²) in [5.41, 5.74) is 0.530. The van der Waals surface area contributed by atoms with Crippen molar-refractivity contribution in [1.29, 1.82) is 0 Å². The topological polar surface area (TPSA) is 81.7 Å². The number of rotatable bonds is 7. The Morgan fingerprint density at radius 3 is 2.26 bits per heavy atom. The van der Waals surface area contributed by atoms with Gasteiger partial charge < -0.3 is 14.8 Å². The van der Waals surface area contributed by atoms with E-state index >= 15 is 0 Å². The molecule has 0 saturated heterocycles. The summed E-state index contributed by atoms with van der Waals surface area (Å²) in [4.78, 5) is 34.6. The lowest BCUT2D eigenvalue weighted by Crippen LogP contribution is -2.36. The highest BCUT2D eigenvalue weighted by molar-refractivity contribution is 5.94. The molecule has 124 valence electrons. The summed E-state index contributed by atoms with van der Waals surface area (Å²) in [5.74, 6) is -1.53. The lowest BCUT2D eigenvalue weighted by molar-refractivity contribution is -0.143. The zero-order chi connectivity index (χ0) is 17.2. The number of nitrogens with one attached hydrogen (secondary N) is 1. The molecule has 1 N–H and O–H groups in total. The van der Waals surface area contributed by atoms with Crippen LogP contribution in [0.4, 0.5) is 0 Å². The molecule has 6 heteroatoms. The summed E-state index contributed by atoms with van der Waals surface area (Å²) in [7, 11) is 0. The van der Waals surface area contributed by atoms with Gasteiger partial charge in [0.05, 0.1) is 12.1 Å². The van der Waals surface area contributed by atoms with Crippen molar-refractivity contribution < 1.29 is 23.9 Å². The highest BCUT2D eigenvalue weighted by atomic mass is 16.5. The lowest BCUT2D eigenvalue weighted by Gasteiger charge is -2.13. The van der Waals surface area contributed by atoms with Gasteiger partial charge in [-0.2, -0.15) is 0 Å². The quantitative estimate of drug-likeness (QED) is 0.613. The fraction of sp³-hybridized carbons (Fsp3) is 0.353. The fourth-order valence-electron chi connectivity index (χ4n) is 1.60. The van der Waals surface area contributed by atoms with Crippen LogP contribution in [0, 0.1) is 0 Å². The Labute approximate surface area is 135 Å². The molecule has 1 aromatic rings. The molecule has 0 aromatic heterocycles. The third-order valence-electron chi connectivity index (χ3n) is 2.60. The van der Waals surface area contributed by atoms with E-state index in [1.807, 2.05) is 6.07 Å². The summed E-state index contributed by atoms with van der Waals surface area (Å²) in [6.45, 7) is 5.13. The number of benzene rings is 1. The van der Waals surface area contributed by atoms with Crippen LogP contribution in [0.15, 0.2) is 42.5 Å². The van der Waals surface area contributed by atoms with Crippen LogP contribution in [0.3, 0.4) is 0 Å². The van der Waals surface area contributed by atoms with Crippen LogP contribution in [-0.2, 0) is 19.1 Å². The smallest absolute Gasteiger partial charge is 0.331 e. The number of ether oxygens (including phenoxy) is 2. The molecule has 0 radical (unpaired) electrons. The van der Waals surface area contributed by atoms with E-state index in [1.54, 1.807) is 45.0 Å². The zero-order valence-corrected chi connectivity index (χ0v) is 13.4. The van der Waals surface area contributed by atoms with Crippen molar-refractivity contribution in [3.05, 3.63) is 48.0 Å². The van der Waals surface area contributed by atoms with Crippen molar-refractivity contribution in [3.63, 3.8) is 0 Å². The van der Waals surface area contributed by atoms with Crippen LogP contribution in [0.1, 0.15) is 31.1 Å². The predicted molar refractivity (Wildman–Crippen MR) is 84.7 cm³/mol. The number of carbonyl (C=O) groups excluding carboxylic acids is 3. The van der Waals surface area contributed by atoms with E-state index in [1.165, 1.54) is 0 Å². The van der Waals surface area contributed by atoms with E-state index in [-0.39, 0.29) is 24.7 Å². The number of hydrogen-bond acceptors (Lipinski definition) is 5. The Morgan fingerprint density at radius 2 is 1.65 bits per heavy atom. The third-order valence-corrected chi connectivity index (χ3v) is 2.60. The second-order valence-electron chi connectivity index (χ2n) is 5.19. The van der Waals surface area contributed by atoms with Crippen molar-refractivity contribution in [2.45, 2.75) is 32.9 Å². The van der Waals surface area contributed by atoms with Crippen molar-refractivity contribution in [3.8, 4) is 0 Å². The first-order valence-electron chi connectivity index (χ1n) is 7.30. The molecule has 1 atom stereocenters. The monoisotopic (exact) mass is 319 g/mol. The molecule has 1 rings (SSSR count). The Balaban J connectivity index is 2.34. The SMILES string of the molecule is CC(COC(=O)/C=C/C(=O)OC(C)C)NC(=O)c1ccccc1. The van der Waals surface area contributed by atoms with Gasteiger partial charge in [-0.3, -0.25) is 4.79 Å². The van der Waals surface area contributed by atoms with E-state index in [9.17, 15) is 14.4 Å². The highest BCUT2D eigenvalue weighted by Crippen LogP contribution is 1.99. The number of esters is 2. The molecule has 0 aliphatic heterocycles. The molecule has 1 unspecified atom stereocenters. The number of carbonyl (C=O) groups is 3. The van der Waals surface area contributed by atoms with Gasteiger partial charge in [0, 0.05) is 17.7 Å². The van der Waals surface area contributed by atoms with E-state index in [0.29, 0.717) is 5.56 Å². The van der Waals surface area contributed by atoms with Crippen molar-refractivity contribution in [2.75, 3.05) is 6.61 Å². The molecule has 1 amide bonds. The molecule has 0 spiro atoms. The normalized spacial score (nSPS) is 12.0. The Bertz CT molecular complexity index is 566. The predicted octanol–water partition coefficient (Wildman–Crippen LogP) is 1.86. The van der Waals surface area contributed by atoms with Crippen molar-refractivity contribution in [2.24, 2.45) is 0 Å². The van der Waals surface area contributed by atoms with Crippen LogP contribution in [0.5, 0.6) is 0 Å². The van der Waals surface area contributed by atoms with Gasteiger partial charge >= 0.3 is 11.9 Å². The summed E-state index contributed by atoms with van der Waals surface area (Å²) in [6, 6.07) is 8.37. The lowest BCUT2D eigenvalue weighted by atomic mass is 10.2. The Hall–Kier alpha value is -2.63. The van der Waals surface area contributed by atoms with Crippen LogP contribution >= 0.6 is 0 Å². The minimum atomic E-state index is -0.675. The molecule has 0 fully saturated rings. The van der Waals surface area contributed by atoms with Gasteiger partial charge in [-0.05, 0) is 32.9 Å². The average molecular weight is 319 g/mol. The number of amides is 1. The van der Waals surface area contributed by atoms with Gasteiger partial charge in [-0.15, -0.1) is 0 Å². The van der Waals surface area contributed by atoms with E-state index in [0.717, 1.165) is 12.2 Å². The maximum atomic E-state index is 11.9. The molecule has 0 bridgehead atoms. The largest absolute Gasteiger partial charge is 0.460 e.